The van der Waals surface area contributed by atoms with Gasteiger partial charge in [0.15, 0.2) is 0 Å². The Kier molecular flexibility index (Phi) is 6.22. The van der Waals surface area contributed by atoms with Gasteiger partial charge in [-0.2, -0.15) is 0 Å². The van der Waals surface area contributed by atoms with Crippen molar-refractivity contribution < 1.29 is 4.74 Å². The summed E-state index contributed by atoms with van der Waals surface area (Å²) in [5.74, 6) is 1.61. The fourth-order valence-electron chi connectivity index (χ4n) is 1.43. The Morgan fingerprint density at radius 2 is 2.06 bits per heavy atom. The number of anilines is 1. The third kappa shape index (κ3) is 4.48. The maximum absolute atomic E-state index is 6.07. The summed E-state index contributed by atoms with van der Waals surface area (Å²) in [4.78, 5) is 8.71. The molecule has 0 atom stereocenters. The molecular weight excluding hydrogens is 238 g/mol. The lowest BCUT2D eigenvalue weighted by Gasteiger charge is -2.11. The van der Waals surface area contributed by atoms with Gasteiger partial charge in [-0.25, -0.2) is 9.97 Å². The number of hydrogen-bond donors (Lipinski definition) is 1. The first kappa shape index (κ1) is 14.2. The van der Waals surface area contributed by atoms with Gasteiger partial charge in [-0.3, -0.25) is 0 Å². The quantitative estimate of drug-likeness (QED) is 0.603. The molecule has 0 aliphatic heterocycles. The normalized spacial score (nSPS) is 10.6. The Labute approximate surface area is 108 Å². The summed E-state index contributed by atoms with van der Waals surface area (Å²) >= 11 is 6.07. The second-order valence-electron chi connectivity index (χ2n) is 3.78. The van der Waals surface area contributed by atoms with Crippen molar-refractivity contribution in [2.45, 2.75) is 33.6 Å². The van der Waals surface area contributed by atoms with E-state index < -0.39 is 0 Å². The van der Waals surface area contributed by atoms with Gasteiger partial charge in [-0.15, -0.1) is 0 Å². The van der Waals surface area contributed by atoms with Crippen LogP contribution in [0.2, 0.25) is 5.15 Å². The lowest BCUT2D eigenvalue weighted by molar-refractivity contribution is 0.158. The second-order valence-corrected chi connectivity index (χ2v) is 4.14. The minimum Gasteiger partial charge on any atom is -0.380 e. The second kappa shape index (κ2) is 7.45. The van der Waals surface area contributed by atoms with Gasteiger partial charge in [0.2, 0.25) is 0 Å². The van der Waals surface area contributed by atoms with E-state index in [0.29, 0.717) is 11.8 Å². The molecule has 0 aromatic carbocycles. The maximum atomic E-state index is 6.07. The molecule has 0 unspecified atom stereocenters. The lowest BCUT2D eigenvalue weighted by Crippen LogP contribution is -2.13. The van der Waals surface area contributed by atoms with Gasteiger partial charge in [-0.05, 0) is 20.3 Å². The molecule has 1 rings (SSSR count). The van der Waals surface area contributed by atoms with Gasteiger partial charge in [0.25, 0.3) is 0 Å². The summed E-state index contributed by atoms with van der Waals surface area (Å²) in [5, 5.41) is 3.76. The SMILES string of the molecule is CCCc1nc(Cl)c(C)c(NCCOCC)n1. The van der Waals surface area contributed by atoms with Crippen LogP contribution in [0.4, 0.5) is 5.82 Å². The van der Waals surface area contributed by atoms with Gasteiger partial charge < -0.3 is 10.1 Å². The molecule has 0 saturated heterocycles. The Morgan fingerprint density at radius 1 is 1.29 bits per heavy atom. The molecule has 0 radical (unpaired) electrons. The molecule has 96 valence electrons. The van der Waals surface area contributed by atoms with E-state index in [9.17, 15) is 0 Å². The molecular formula is C12H20ClN3O. The number of nitrogens with one attached hydrogen (secondary N) is 1. The van der Waals surface area contributed by atoms with E-state index in [1.807, 2.05) is 13.8 Å². The minimum absolute atomic E-state index is 0.530. The molecule has 5 heteroatoms. The number of rotatable bonds is 7. The fourth-order valence-corrected chi connectivity index (χ4v) is 1.61. The van der Waals surface area contributed by atoms with Gasteiger partial charge in [0.1, 0.15) is 16.8 Å². The van der Waals surface area contributed by atoms with Crippen molar-refractivity contribution in [3.05, 3.63) is 16.5 Å². The highest BCUT2D eigenvalue weighted by Crippen LogP contribution is 2.20. The first-order valence-electron chi connectivity index (χ1n) is 6.03. The van der Waals surface area contributed by atoms with Crippen LogP contribution in [0.3, 0.4) is 0 Å². The van der Waals surface area contributed by atoms with Crippen LogP contribution in [0, 0.1) is 6.92 Å². The topological polar surface area (TPSA) is 47.0 Å². The van der Waals surface area contributed by atoms with Gasteiger partial charge >= 0.3 is 0 Å². The number of halogens is 1. The third-order valence-electron chi connectivity index (χ3n) is 2.35. The highest BCUT2D eigenvalue weighted by Gasteiger charge is 2.08. The lowest BCUT2D eigenvalue weighted by atomic mass is 10.3. The summed E-state index contributed by atoms with van der Waals surface area (Å²) in [6.45, 7) is 8.12. The van der Waals surface area contributed by atoms with Crippen molar-refractivity contribution in [2.75, 3.05) is 25.1 Å². The van der Waals surface area contributed by atoms with Crippen molar-refractivity contribution in [3.63, 3.8) is 0 Å². The van der Waals surface area contributed by atoms with Crippen LogP contribution in [-0.2, 0) is 11.2 Å². The standard InChI is InChI=1S/C12H20ClN3O/c1-4-6-10-15-11(13)9(3)12(16-10)14-7-8-17-5-2/h4-8H2,1-3H3,(H,14,15,16). The van der Waals surface area contributed by atoms with Crippen molar-refractivity contribution in [2.24, 2.45) is 0 Å². The summed E-state index contributed by atoms with van der Waals surface area (Å²) < 4.78 is 5.26. The Morgan fingerprint density at radius 3 is 2.71 bits per heavy atom. The highest BCUT2D eigenvalue weighted by atomic mass is 35.5. The summed E-state index contributed by atoms with van der Waals surface area (Å²) in [6, 6.07) is 0. The molecule has 1 heterocycles. The van der Waals surface area contributed by atoms with E-state index in [4.69, 9.17) is 16.3 Å². The van der Waals surface area contributed by atoms with E-state index in [2.05, 4.69) is 22.2 Å². The minimum atomic E-state index is 0.530. The van der Waals surface area contributed by atoms with Gasteiger partial charge in [0.05, 0.1) is 6.61 Å². The molecule has 0 fully saturated rings. The average Bonchev–Trinajstić information content (AvgIpc) is 2.31. The molecule has 0 spiro atoms. The van der Waals surface area contributed by atoms with Crippen LogP contribution < -0.4 is 5.32 Å². The fraction of sp³-hybridized carbons (Fsp3) is 0.667. The molecule has 0 bridgehead atoms. The van der Waals surface area contributed by atoms with E-state index in [0.717, 1.165) is 43.2 Å². The van der Waals surface area contributed by atoms with Crippen LogP contribution in [0.25, 0.3) is 0 Å². The third-order valence-corrected chi connectivity index (χ3v) is 2.72. The van der Waals surface area contributed by atoms with E-state index in [1.54, 1.807) is 0 Å². The predicted octanol–water partition coefficient (Wildman–Crippen LogP) is 2.84. The average molecular weight is 258 g/mol. The summed E-state index contributed by atoms with van der Waals surface area (Å²) in [6.07, 6.45) is 1.86. The van der Waals surface area contributed by atoms with Crippen LogP contribution in [0.1, 0.15) is 31.7 Å². The number of ether oxygens (including phenoxy) is 1. The van der Waals surface area contributed by atoms with Crippen LogP contribution in [0.15, 0.2) is 0 Å². The molecule has 4 nitrogen and oxygen atoms in total. The first-order valence-corrected chi connectivity index (χ1v) is 6.41. The maximum Gasteiger partial charge on any atom is 0.137 e. The molecule has 17 heavy (non-hydrogen) atoms. The predicted molar refractivity (Wildman–Crippen MR) is 70.8 cm³/mol. The zero-order chi connectivity index (χ0) is 12.7. The zero-order valence-electron chi connectivity index (χ0n) is 10.7. The first-order chi connectivity index (χ1) is 8.19. The largest absolute Gasteiger partial charge is 0.380 e. The van der Waals surface area contributed by atoms with E-state index in [-0.39, 0.29) is 0 Å². The van der Waals surface area contributed by atoms with Crippen LogP contribution in [-0.4, -0.2) is 29.7 Å². The molecule has 0 amide bonds. The number of aryl methyl sites for hydroxylation is 1. The smallest absolute Gasteiger partial charge is 0.137 e. The monoisotopic (exact) mass is 257 g/mol. The number of hydrogen-bond acceptors (Lipinski definition) is 4. The number of nitrogens with zero attached hydrogens (tertiary/aromatic N) is 2. The number of aromatic nitrogens is 2. The summed E-state index contributed by atoms with van der Waals surface area (Å²) in [5.41, 5.74) is 0.892. The van der Waals surface area contributed by atoms with Gasteiger partial charge in [-0.1, -0.05) is 18.5 Å². The summed E-state index contributed by atoms with van der Waals surface area (Å²) in [7, 11) is 0. The van der Waals surface area contributed by atoms with Crippen molar-refractivity contribution in [1.82, 2.24) is 9.97 Å². The molecule has 0 saturated carbocycles. The highest BCUT2D eigenvalue weighted by molar-refractivity contribution is 6.30. The van der Waals surface area contributed by atoms with E-state index >= 15 is 0 Å². The van der Waals surface area contributed by atoms with Crippen LogP contribution in [0.5, 0.6) is 0 Å². The van der Waals surface area contributed by atoms with Crippen molar-refractivity contribution in [1.29, 1.82) is 0 Å². The van der Waals surface area contributed by atoms with E-state index in [1.165, 1.54) is 0 Å². The molecule has 1 aromatic rings. The molecule has 0 aliphatic carbocycles. The Bertz CT molecular complexity index is 358. The molecule has 0 aliphatic rings. The Balaban J connectivity index is 2.68. The van der Waals surface area contributed by atoms with Gasteiger partial charge in [0, 0.05) is 25.1 Å². The Hall–Kier alpha value is -0.870. The van der Waals surface area contributed by atoms with Crippen molar-refractivity contribution >= 4 is 17.4 Å². The zero-order valence-corrected chi connectivity index (χ0v) is 11.5. The van der Waals surface area contributed by atoms with Crippen molar-refractivity contribution in [3.8, 4) is 0 Å². The van der Waals surface area contributed by atoms with Crippen LogP contribution >= 0.6 is 11.6 Å². The molecule has 1 N–H and O–H groups in total. The molecule has 1 aromatic heterocycles.